The highest BCUT2D eigenvalue weighted by Crippen LogP contribution is 2.38. The van der Waals surface area contributed by atoms with Gasteiger partial charge in [-0.2, -0.15) is 0 Å². The average molecular weight is 449 g/mol. The van der Waals surface area contributed by atoms with Crippen molar-refractivity contribution in [3.8, 4) is 11.5 Å². The fraction of sp³-hybridized carbons (Fsp3) is 0.353. The molecule has 0 aliphatic carbocycles. The first-order valence-electron chi connectivity index (χ1n) is 7.97. The Bertz CT molecular complexity index is 867. The van der Waals surface area contributed by atoms with Crippen molar-refractivity contribution >= 4 is 64.5 Å². The number of halogens is 2. The van der Waals surface area contributed by atoms with E-state index in [1.54, 1.807) is 17.5 Å². The molecule has 0 fully saturated rings. The highest BCUT2D eigenvalue weighted by molar-refractivity contribution is 7.13. The van der Waals surface area contributed by atoms with Crippen molar-refractivity contribution in [1.29, 1.82) is 0 Å². The van der Waals surface area contributed by atoms with Crippen LogP contribution in [0.1, 0.15) is 26.5 Å². The maximum absolute atomic E-state index is 12.3. The Labute approximate surface area is 179 Å². The first-order valence-corrected chi connectivity index (χ1v) is 8.85. The van der Waals surface area contributed by atoms with Crippen LogP contribution in [0, 0.1) is 5.41 Å². The predicted octanol–water partition coefficient (Wildman–Crippen LogP) is 3.46. The molecule has 154 valence electrons. The summed E-state index contributed by atoms with van der Waals surface area (Å²) in [5.74, 6) is 0.695. The van der Waals surface area contributed by atoms with E-state index < -0.39 is 5.41 Å². The van der Waals surface area contributed by atoms with Gasteiger partial charge in [0.25, 0.3) is 0 Å². The zero-order chi connectivity index (χ0) is 18.9. The van der Waals surface area contributed by atoms with Crippen LogP contribution in [0.2, 0.25) is 0 Å². The predicted molar refractivity (Wildman–Crippen MR) is 114 cm³/mol. The Kier molecular flexibility index (Phi) is 7.92. The normalized spacial score (nSPS) is 11.8. The van der Waals surface area contributed by atoms with Crippen LogP contribution in [-0.4, -0.2) is 23.6 Å². The molecule has 1 aromatic heterocycles. The molecular weight excluding hydrogens is 427 g/mol. The van der Waals surface area contributed by atoms with Crippen molar-refractivity contribution in [3.05, 3.63) is 23.2 Å². The number of carbonyl (C=O) groups is 2. The lowest BCUT2D eigenvalue weighted by atomic mass is 9.96. The van der Waals surface area contributed by atoms with Gasteiger partial charge in [0.05, 0.1) is 23.5 Å². The van der Waals surface area contributed by atoms with Gasteiger partial charge in [-0.3, -0.25) is 9.59 Å². The Morgan fingerprint density at radius 1 is 1.18 bits per heavy atom. The molecule has 2 aromatic rings. The number of nitrogen functional groups attached to an aromatic ring is 1. The standard InChI is InChI=1S/C17H20N4O4S.2ClH/c1-17(2,3)15(23)21-16-19-9(7-26-16)4-14(22)20-11-6-13-12(5-10(11)18)24-8-25-13;;/h5-7H,4,8,18H2,1-3H3,(H,20,22)(H,19,21,23);2*1H. The van der Waals surface area contributed by atoms with Gasteiger partial charge in [-0.15, -0.1) is 36.2 Å². The number of aromatic nitrogens is 1. The third-order valence-electron chi connectivity index (χ3n) is 3.61. The number of thiazole rings is 1. The van der Waals surface area contributed by atoms with Crippen LogP contribution in [0.15, 0.2) is 17.5 Å². The second-order valence-corrected chi connectivity index (χ2v) is 7.72. The van der Waals surface area contributed by atoms with Gasteiger partial charge in [0.15, 0.2) is 16.6 Å². The molecule has 2 heterocycles. The first kappa shape index (κ1) is 23.8. The largest absolute Gasteiger partial charge is 0.454 e. The van der Waals surface area contributed by atoms with Gasteiger partial charge in [-0.05, 0) is 0 Å². The Hall–Kier alpha value is -2.23. The quantitative estimate of drug-likeness (QED) is 0.616. The average Bonchev–Trinajstić information content (AvgIpc) is 3.15. The Morgan fingerprint density at radius 3 is 2.46 bits per heavy atom. The number of amides is 2. The maximum atomic E-state index is 12.3. The number of nitrogens with one attached hydrogen (secondary N) is 2. The smallest absolute Gasteiger partial charge is 0.231 e. The molecule has 28 heavy (non-hydrogen) atoms. The van der Waals surface area contributed by atoms with Crippen molar-refractivity contribution in [2.75, 3.05) is 23.2 Å². The summed E-state index contributed by atoms with van der Waals surface area (Å²) < 4.78 is 10.5. The van der Waals surface area contributed by atoms with Gasteiger partial charge in [0, 0.05) is 22.9 Å². The third kappa shape index (κ3) is 5.63. The van der Waals surface area contributed by atoms with Crippen LogP contribution < -0.4 is 25.8 Å². The number of benzene rings is 1. The van der Waals surface area contributed by atoms with E-state index in [-0.39, 0.29) is 49.8 Å². The van der Waals surface area contributed by atoms with Crippen LogP contribution in [0.3, 0.4) is 0 Å². The summed E-state index contributed by atoms with van der Waals surface area (Å²) in [6.45, 7) is 5.59. The van der Waals surface area contributed by atoms with E-state index in [4.69, 9.17) is 15.2 Å². The second-order valence-electron chi connectivity index (χ2n) is 6.87. The monoisotopic (exact) mass is 448 g/mol. The summed E-state index contributed by atoms with van der Waals surface area (Å²) in [5, 5.41) is 7.69. The van der Waals surface area contributed by atoms with Crippen LogP contribution in [0.5, 0.6) is 11.5 Å². The fourth-order valence-electron chi connectivity index (χ4n) is 2.16. The number of hydrogen-bond donors (Lipinski definition) is 3. The lowest BCUT2D eigenvalue weighted by Gasteiger charge is -2.15. The number of nitrogens with zero attached hydrogens (tertiary/aromatic N) is 1. The van der Waals surface area contributed by atoms with Gasteiger partial charge in [0.2, 0.25) is 18.6 Å². The van der Waals surface area contributed by atoms with E-state index in [0.29, 0.717) is 33.7 Å². The number of rotatable bonds is 4. The number of hydrogen-bond acceptors (Lipinski definition) is 7. The van der Waals surface area contributed by atoms with Crippen molar-refractivity contribution in [2.45, 2.75) is 27.2 Å². The maximum Gasteiger partial charge on any atom is 0.231 e. The van der Waals surface area contributed by atoms with Gasteiger partial charge in [0.1, 0.15) is 0 Å². The fourth-order valence-corrected chi connectivity index (χ4v) is 2.86. The van der Waals surface area contributed by atoms with Crippen LogP contribution in [-0.2, 0) is 16.0 Å². The number of anilines is 3. The molecule has 1 aliphatic rings. The highest BCUT2D eigenvalue weighted by Gasteiger charge is 2.22. The van der Waals surface area contributed by atoms with E-state index in [1.165, 1.54) is 11.3 Å². The molecule has 0 radical (unpaired) electrons. The summed E-state index contributed by atoms with van der Waals surface area (Å²) in [5.41, 5.74) is 6.82. The number of ether oxygens (including phenoxy) is 2. The summed E-state index contributed by atoms with van der Waals surface area (Å²) in [4.78, 5) is 28.5. The summed E-state index contributed by atoms with van der Waals surface area (Å²) in [7, 11) is 0. The van der Waals surface area contributed by atoms with Crippen molar-refractivity contribution in [1.82, 2.24) is 4.98 Å². The molecule has 0 spiro atoms. The minimum atomic E-state index is -0.514. The van der Waals surface area contributed by atoms with Crippen molar-refractivity contribution in [3.63, 3.8) is 0 Å². The molecule has 0 atom stereocenters. The van der Waals surface area contributed by atoms with E-state index in [9.17, 15) is 9.59 Å². The zero-order valence-electron chi connectivity index (χ0n) is 15.5. The summed E-state index contributed by atoms with van der Waals surface area (Å²) >= 11 is 1.28. The third-order valence-corrected chi connectivity index (χ3v) is 4.42. The van der Waals surface area contributed by atoms with Crippen LogP contribution in [0.4, 0.5) is 16.5 Å². The van der Waals surface area contributed by atoms with Crippen molar-refractivity contribution < 1.29 is 19.1 Å². The summed E-state index contributed by atoms with van der Waals surface area (Å²) in [6, 6.07) is 3.24. The van der Waals surface area contributed by atoms with E-state index in [2.05, 4.69) is 15.6 Å². The summed E-state index contributed by atoms with van der Waals surface area (Å²) in [6.07, 6.45) is 0.0652. The van der Waals surface area contributed by atoms with Gasteiger partial charge in [-0.25, -0.2) is 4.98 Å². The molecule has 0 saturated heterocycles. The number of nitrogens with two attached hydrogens (primary N) is 1. The molecule has 11 heteroatoms. The topological polar surface area (TPSA) is 116 Å². The van der Waals surface area contributed by atoms with Gasteiger partial charge < -0.3 is 25.8 Å². The second kappa shape index (κ2) is 9.31. The first-order chi connectivity index (χ1) is 12.2. The van der Waals surface area contributed by atoms with E-state index >= 15 is 0 Å². The highest BCUT2D eigenvalue weighted by atomic mass is 35.5. The molecule has 8 nitrogen and oxygen atoms in total. The van der Waals surface area contributed by atoms with Gasteiger partial charge in [-0.1, -0.05) is 20.8 Å². The minimum absolute atomic E-state index is 0. The Balaban J connectivity index is 0.00000196. The molecule has 4 N–H and O–H groups in total. The van der Waals surface area contributed by atoms with E-state index in [0.717, 1.165) is 0 Å². The van der Waals surface area contributed by atoms with E-state index in [1.807, 2.05) is 20.8 Å². The zero-order valence-corrected chi connectivity index (χ0v) is 18.0. The molecule has 0 unspecified atom stereocenters. The lowest BCUT2D eigenvalue weighted by Crippen LogP contribution is -2.27. The van der Waals surface area contributed by atoms with Crippen molar-refractivity contribution in [2.24, 2.45) is 5.41 Å². The number of fused-ring (bicyclic) bond motifs is 1. The molecular formula is C17H22Cl2N4O4S. The Morgan fingerprint density at radius 2 is 1.82 bits per heavy atom. The van der Waals surface area contributed by atoms with Gasteiger partial charge >= 0.3 is 0 Å². The molecule has 2 amide bonds. The SMILES string of the molecule is CC(C)(C)C(=O)Nc1nc(CC(=O)Nc2cc3c(cc2N)OCO3)cs1.Cl.Cl. The molecule has 3 rings (SSSR count). The van der Waals surface area contributed by atoms with Crippen LogP contribution >= 0.6 is 36.2 Å². The van der Waals surface area contributed by atoms with Crippen LogP contribution in [0.25, 0.3) is 0 Å². The number of carbonyl (C=O) groups excluding carboxylic acids is 2. The molecule has 0 saturated carbocycles. The minimum Gasteiger partial charge on any atom is -0.454 e. The molecule has 1 aliphatic heterocycles. The lowest BCUT2D eigenvalue weighted by molar-refractivity contribution is -0.123. The molecule has 0 bridgehead atoms. The molecule has 1 aromatic carbocycles.